The number of aromatic nitrogens is 3. The second-order valence-corrected chi connectivity index (χ2v) is 6.91. The normalized spacial score (nSPS) is 16.4. The molecule has 1 aliphatic rings. The summed E-state index contributed by atoms with van der Waals surface area (Å²) in [6.45, 7) is 8.80. The highest BCUT2D eigenvalue weighted by Gasteiger charge is 2.30. The molecular weight excluding hydrogens is 345 g/mol. The third-order valence-electron chi connectivity index (χ3n) is 5.23. The van der Waals surface area contributed by atoms with Gasteiger partial charge in [-0.25, -0.2) is 4.39 Å². The number of amides is 1. The van der Waals surface area contributed by atoms with E-state index in [1.54, 1.807) is 12.1 Å². The van der Waals surface area contributed by atoms with Crippen LogP contribution in [0, 0.1) is 5.82 Å². The molecule has 1 aromatic carbocycles. The van der Waals surface area contributed by atoms with Crippen molar-refractivity contribution in [3.63, 3.8) is 0 Å². The fourth-order valence-electron chi connectivity index (χ4n) is 3.61. The summed E-state index contributed by atoms with van der Waals surface area (Å²) < 4.78 is 15.2. The first-order chi connectivity index (χ1) is 13.1. The molecule has 2 aromatic rings. The molecule has 2 heterocycles. The number of fused-ring (bicyclic) bond motifs is 1. The number of hydrogen-bond donors (Lipinski definition) is 1. The van der Waals surface area contributed by atoms with Crippen LogP contribution in [-0.2, 0) is 11.3 Å². The minimum atomic E-state index is -0.279. The highest BCUT2D eigenvalue weighted by molar-refractivity contribution is 5.83. The zero-order valence-electron chi connectivity index (χ0n) is 16.1. The number of halogens is 1. The first kappa shape index (κ1) is 19.5. The predicted octanol–water partition coefficient (Wildman–Crippen LogP) is 2.81. The number of carbonyl (C=O) groups is 1. The summed E-state index contributed by atoms with van der Waals surface area (Å²) in [5.74, 6) is 0.882. The van der Waals surface area contributed by atoms with Crippen LogP contribution in [0.2, 0.25) is 0 Å². The van der Waals surface area contributed by atoms with Crippen molar-refractivity contribution in [1.29, 1.82) is 0 Å². The standard InChI is InChI=1S/C20H28FN5O/c1-3-25(4-2)13-6-12-22-20(27)17-7-5-14-26-18(23-24-19(17)26)15-8-10-16(21)11-9-15/h8-11,17H,3-7,12-14H2,1-2H3,(H,22,27). The highest BCUT2D eigenvalue weighted by atomic mass is 19.1. The van der Waals surface area contributed by atoms with Crippen molar-refractivity contribution in [2.75, 3.05) is 26.2 Å². The van der Waals surface area contributed by atoms with Crippen LogP contribution in [0.5, 0.6) is 0 Å². The summed E-state index contributed by atoms with van der Waals surface area (Å²) in [6, 6.07) is 6.23. The van der Waals surface area contributed by atoms with Crippen molar-refractivity contribution >= 4 is 5.91 Å². The maximum Gasteiger partial charge on any atom is 0.230 e. The van der Waals surface area contributed by atoms with E-state index in [4.69, 9.17) is 0 Å². The Labute approximate surface area is 159 Å². The molecule has 0 fully saturated rings. The monoisotopic (exact) mass is 373 g/mol. The van der Waals surface area contributed by atoms with E-state index in [-0.39, 0.29) is 17.6 Å². The zero-order valence-corrected chi connectivity index (χ0v) is 16.1. The maximum absolute atomic E-state index is 13.2. The van der Waals surface area contributed by atoms with Gasteiger partial charge >= 0.3 is 0 Å². The van der Waals surface area contributed by atoms with Crippen molar-refractivity contribution in [2.24, 2.45) is 0 Å². The van der Waals surface area contributed by atoms with Crippen LogP contribution in [0.25, 0.3) is 11.4 Å². The minimum Gasteiger partial charge on any atom is -0.355 e. The van der Waals surface area contributed by atoms with Gasteiger partial charge in [0.2, 0.25) is 5.91 Å². The van der Waals surface area contributed by atoms with Gasteiger partial charge in [-0.05, 0) is 63.2 Å². The fraction of sp³-hybridized carbons (Fsp3) is 0.550. The lowest BCUT2D eigenvalue weighted by Gasteiger charge is -2.23. The van der Waals surface area contributed by atoms with Crippen LogP contribution in [0.3, 0.4) is 0 Å². The number of carbonyl (C=O) groups excluding carboxylic acids is 1. The third kappa shape index (κ3) is 4.53. The number of rotatable bonds is 8. The van der Waals surface area contributed by atoms with Crippen LogP contribution >= 0.6 is 0 Å². The van der Waals surface area contributed by atoms with Gasteiger partial charge in [-0.2, -0.15) is 0 Å². The molecule has 1 atom stereocenters. The fourth-order valence-corrected chi connectivity index (χ4v) is 3.61. The van der Waals surface area contributed by atoms with Crippen LogP contribution in [0.15, 0.2) is 24.3 Å². The average molecular weight is 373 g/mol. The number of nitrogens with zero attached hydrogens (tertiary/aromatic N) is 4. The third-order valence-corrected chi connectivity index (χ3v) is 5.23. The van der Waals surface area contributed by atoms with E-state index >= 15 is 0 Å². The lowest BCUT2D eigenvalue weighted by atomic mass is 9.97. The van der Waals surface area contributed by atoms with E-state index in [2.05, 4.69) is 34.3 Å². The topological polar surface area (TPSA) is 63.1 Å². The lowest BCUT2D eigenvalue weighted by molar-refractivity contribution is -0.123. The molecule has 1 aromatic heterocycles. The van der Waals surface area contributed by atoms with E-state index < -0.39 is 0 Å². The summed E-state index contributed by atoms with van der Waals surface area (Å²) in [6.07, 6.45) is 2.62. The van der Waals surface area contributed by atoms with Gasteiger partial charge in [0.25, 0.3) is 0 Å². The van der Waals surface area contributed by atoms with Crippen LogP contribution in [0.4, 0.5) is 4.39 Å². The molecule has 1 unspecified atom stereocenters. The van der Waals surface area contributed by atoms with Crippen molar-refractivity contribution in [3.05, 3.63) is 35.9 Å². The Hall–Kier alpha value is -2.28. The van der Waals surface area contributed by atoms with Gasteiger partial charge in [-0.15, -0.1) is 10.2 Å². The molecule has 0 spiro atoms. The van der Waals surface area contributed by atoms with Gasteiger partial charge in [0, 0.05) is 18.7 Å². The molecule has 0 aliphatic carbocycles. The Morgan fingerprint density at radius 3 is 2.70 bits per heavy atom. The van der Waals surface area contributed by atoms with Crippen LogP contribution < -0.4 is 5.32 Å². The van der Waals surface area contributed by atoms with Gasteiger partial charge in [-0.3, -0.25) is 4.79 Å². The smallest absolute Gasteiger partial charge is 0.230 e. The van der Waals surface area contributed by atoms with Crippen LogP contribution in [-0.4, -0.2) is 51.8 Å². The van der Waals surface area contributed by atoms with Gasteiger partial charge in [0.15, 0.2) is 5.82 Å². The Morgan fingerprint density at radius 1 is 1.26 bits per heavy atom. The molecule has 6 nitrogen and oxygen atoms in total. The number of benzene rings is 1. The first-order valence-electron chi connectivity index (χ1n) is 9.83. The van der Waals surface area contributed by atoms with Crippen molar-refractivity contribution in [1.82, 2.24) is 25.0 Å². The quantitative estimate of drug-likeness (QED) is 0.723. The minimum absolute atomic E-state index is 0.0218. The van der Waals surface area contributed by atoms with Gasteiger partial charge < -0.3 is 14.8 Å². The molecule has 146 valence electrons. The Bertz CT molecular complexity index is 754. The lowest BCUT2D eigenvalue weighted by Crippen LogP contribution is -2.35. The van der Waals surface area contributed by atoms with Crippen molar-refractivity contribution < 1.29 is 9.18 Å². The van der Waals surface area contributed by atoms with Gasteiger partial charge in [0.1, 0.15) is 11.6 Å². The largest absolute Gasteiger partial charge is 0.355 e. The summed E-state index contributed by atoms with van der Waals surface area (Å²) >= 11 is 0. The maximum atomic E-state index is 13.2. The number of nitrogens with one attached hydrogen (secondary N) is 1. The van der Waals surface area contributed by atoms with E-state index in [1.165, 1.54) is 12.1 Å². The molecule has 0 radical (unpaired) electrons. The Kier molecular flexibility index (Phi) is 6.55. The summed E-state index contributed by atoms with van der Waals surface area (Å²) in [4.78, 5) is 15.0. The molecule has 1 N–H and O–H groups in total. The van der Waals surface area contributed by atoms with Gasteiger partial charge in [-0.1, -0.05) is 13.8 Å². The molecule has 0 saturated heterocycles. The molecule has 27 heavy (non-hydrogen) atoms. The van der Waals surface area contributed by atoms with Crippen molar-refractivity contribution in [3.8, 4) is 11.4 Å². The molecular formula is C20H28FN5O. The molecule has 1 aliphatic heterocycles. The SMILES string of the molecule is CCN(CC)CCCNC(=O)C1CCCn2c(-c3ccc(F)cc3)nnc21. The first-order valence-corrected chi connectivity index (χ1v) is 9.83. The molecule has 7 heteroatoms. The molecule has 0 saturated carbocycles. The predicted molar refractivity (Wildman–Crippen MR) is 103 cm³/mol. The second kappa shape index (κ2) is 9.08. The number of hydrogen-bond acceptors (Lipinski definition) is 4. The van der Waals surface area contributed by atoms with Crippen LogP contribution in [0.1, 0.15) is 44.9 Å². The second-order valence-electron chi connectivity index (χ2n) is 6.91. The molecule has 0 bridgehead atoms. The summed E-state index contributed by atoms with van der Waals surface area (Å²) in [7, 11) is 0. The Morgan fingerprint density at radius 2 is 2.00 bits per heavy atom. The Balaban J connectivity index is 1.64. The molecule has 3 rings (SSSR count). The summed E-state index contributed by atoms with van der Waals surface area (Å²) in [5, 5.41) is 11.6. The van der Waals surface area contributed by atoms with Gasteiger partial charge in [0.05, 0.1) is 5.92 Å². The summed E-state index contributed by atoms with van der Waals surface area (Å²) in [5.41, 5.74) is 0.815. The van der Waals surface area contributed by atoms with E-state index in [1.807, 2.05) is 4.57 Å². The van der Waals surface area contributed by atoms with Crippen molar-refractivity contribution in [2.45, 2.75) is 45.6 Å². The van der Waals surface area contributed by atoms with E-state index in [0.29, 0.717) is 18.2 Å². The zero-order chi connectivity index (χ0) is 19.2. The van der Waals surface area contributed by atoms with E-state index in [9.17, 15) is 9.18 Å². The molecule has 1 amide bonds. The van der Waals surface area contributed by atoms with E-state index in [0.717, 1.165) is 51.0 Å². The highest BCUT2D eigenvalue weighted by Crippen LogP contribution is 2.30. The average Bonchev–Trinajstić information content (AvgIpc) is 3.12.